The van der Waals surface area contributed by atoms with Gasteiger partial charge in [0, 0.05) is 10.6 Å². The summed E-state index contributed by atoms with van der Waals surface area (Å²) in [6, 6.07) is 6.09. The minimum atomic E-state index is -0.400. The molecule has 0 fully saturated rings. The molecule has 19 heavy (non-hydrogen) atoms. The molecule has 0 aliphatic carbocycles. The normalized spacial score (nSPS) is 10.3. The number of nitrogens with one attached hydrogen (secondary N) is 1. The number of carbonyl (C=O) groups excluding carboxylic acids is 1. The molecule has 100 valence electrons. The molecule has 2 aromatic rings. The van der Waals surface area contributed by atoms with Gasteiger partial charge in [0.1, 0.15) is 0 Å². The maximum atomic E-state index is 11.5. The van der Waals surface area contributed by atoms with Crippen molar-refractivity contribution in [2.45, 2.75) is 20.8 Å². The first kappa shape index (κ1) is 13.5. The van der Waals surface area contributed by atoms with Gasteiger partial charge in [-0.2, -0.15) is 0 Å². The van der Waals surface area contributed by atoms with Crippen LogP contribution < -0.4 is 5.32 Å². The van der Waals surface area contributed by atoms with E-state index in [1.807, 2.05) is 39.0 Å². The first-order valence-corrected chi connectivity index (χ1v) is 6.73. The molecule has 0 aliphatic heterocycles. The van der Waals surface area contributed by atoms with E-state index in [0.717, 1.165) is 21.7 Å². The predicted octanol–water partition coefficient (Wildman–Crippen LogP) is 3.60. The number of ether oxygens (including phenoxy) is 1. The molecule has 4 nitrogen and oxygen atoms in total. The third-order valence-electron chi connectivity index (χ3n) is 2.89. The number of benzene rings is 1. The molecule has 0 atom stereocenters. The average Bonchev–Trinajstić information content (AvgIpc) is 2.74. The molecule has 5 heteroatoms. The smallest absolute Gasteiger partial charge is 0.357 e. The summed E-state index contributed by atoms with van der Waals surface area (Å²) < 4.78 is 4.71. The summed E-state index contributed by atoms with van der Waals surface area (Å²) in [5.74, 6) is -0.400. The van der Waals surface area contributed by atoms with Crippen LogP contribution in [0.15, 0.2) is 18.2 Å². The standard InChI is InChI=1S/C14H16N2O2S/c1-8-6-5-7-9(2)11(8)15-14-16-12(10(3)19-14)13(17)18-4/h5-7H,1-4H3,(H,15,16). The first-order valence-electron chi connectivity index (χ1n) is 5.92. The van der Waals surface area contributed by atoms with Gasteiger partial charge < -0.3 is 10.1 Å². The fourth-order valence-corrected chi connectivity index (χ4v) is 2.66. The Hall–Kier alpha value is -1.88. The Morgan fingerprint density at radius 2 is 1.89 bits per heavy atom. The van der Waals surface area contributed by atoms with Crippen LogP contribution in [0, 0.1) is 20.8 Å². The van der Waals surface area contributed by atoms with Crippen molar-refractivity contribution < 1.29 is 9.53 Å². The maximum Gasteiger partial charge on any atom is 0.357 e. The molecule has 0 bridgehead atoms. The molecule has 2 rings (SSSR count). The van der Waals surface area contributed by atoms with Gasteiger partial charge in [0.05, 0.1) is 7.11 Å². The number of aromatic nitrogens is 1. The van der Waals surface area contributed by atoms with Crippen LogP contribution in [-0.2, 0) is 4.74 Å². The van der Waals surface area contributed by atoms with Crippen LogP contribution in [0.3, 0.4) is 0 Å². The van der Waals surface area contributed by atoms with Crippen molar-refractivity contribution >= 4 is 28.1 Å². The number of nitrogens with zero attached hydrogens (tertiary/aromatic N) is 1. The zero-order valence-electron chi connectivity index (χ0n) is 11.4. The second-order valence-corrected chi connectivity index (χ2v) is 5.51. The number of anilines is 2. The molecule has 0 spiro atoms. The minimum absolute atomic E-state index is 0.376. The molecular formula is C14H16N2O2S. The number of methoxy groups -OCH3 is 1. The highest BCUT2D eigenvalue weighted by Crippen LogP contribution is 2.29. The molecule has 0 saturated heterocycles. The Morgan fingerprint density at radius 1 is 1.26 bits per heavy atom. The van der Waals surface area contributed by atoms with Gasteiger partial charge in [-0.3, -0.25) is 0 Å². The van der Waals surface area contributed by atoms with E-state index in [1.54, 1.807) is 0 Å². The number of rotatable bonds is 3. The first-order chi connectivity index (χ1) is 9.02. The molecule has 0 aliphatic rings. The van der Waals surface area contributed by atoms with Crippen molar-refractivity contribution in [3.05, 3.63) is 39.9 Å². The Bertz CT molecular complexity index is 600. The average molecular weight is 276 g/mol. The van der Waals surface area contributed by atoms with Crippen molar-refractivity contribution in [3.8, 4) is 0 Å². The number of esters is 1. The van der Waals surface area contributed by atoms with Crippen molar-refractivity contribution in [1.82, 2.24) is 4.98 Å². The summed E-state index contributed by atoms with van der Waals surface area (Å²) in [5.41, 5.74) is 3.70. The van der Waals surface area contributed by atoms with Crippen molar-refractivity contribution in [2.75, 3.05) is 12.4 Å². The lowest BCUT2D eigenvalue weighted by Crippen LogP contribution is -2.03. The van der Waals surface area contributed by atoms with Crippen molar-refractivity contribution in [1.29, 1.82) is 0 Å². The van der Waals surface area contributed by atoms with Crippen LogP contribution >= 0.6 is 11.3 Å². The second-order valence-electron chi connectivity index (χ2n) is 4.31. The third kappa shape index (κ3) is 2.76. The summed E-state index contributed by atoms with van der Waals surface area (Å²) in [7, 11) is 1.36. The number of hydrogen-bond acceptors (Lipinski definition) is 5. The summed E-state index contributed by atoms with van der Waals surface area (Å²) >= 11 is 1.45. The molecule has 1 N–H and O–H groups in total. The predicted molar refractivity (Wildman–Crippen MR) is 77.4 cm³/mol. The third-order valence-corrected chi connectivity index (χ3v) is 3.77. The lowest BCUT2D eigenvalue weighted by atomic mass is 10.1. The lowest BCUT2D eigenvalue weighted by Gasteiger charge is -2.09. The highest BCUT2D eigenvalue weighted by Gasteiger charge is 2.16. The fourth-order valence-electron chi connectivity index (χ4n) is 1.85. The molecule has 0 radical (unpaired) electrons. The number of hydrogen-bond donors (Lipinski definition) is 1. The zero-order chi connectivity index (χ0) is 14.0. The SMILES string of the molecule is COC(=O)c1nc(Nc2c(C)cccc2C)sc1C. The van der Waals surface area contributed by atoms with Crippen molar-refractivity contribution in [2.24, 2.45) is 0 Å². The molecule has 1 aromatic carbocycles. The molecule has 0 unspecified atom stereocenters. The quantitative estimate of drug-likeness (QED) is 0.870. The molecular weight excluding hydrogens is 260 g/mol. The van der Waals surface area contributed by atoms with Gasteiger partial charge >= 0.3 is 5.97 Å². The highest BCUT2D eigenvalue weighted by molar-refractivity contribution is 7.15. The largest absolute Gasteiger partial charge is 0.464 e. The van der Waals surface area contributed by atoms with E-state index in [0.29, 0.717) is 10.8 Å². The van der Waals surface area contributed by atoms with E-state index in [9.17, 15) is 4.79 Å². The summed E-state index contributed by atoms with van der Waals surface area (Å²) in [6.07, 6.45) is 0. The van der Waals surface area contributed by atoms with Gasteiger partial charge in [-0.1, -0.05) is 18.2 Å². The van der Waals surface area contributed by atoms with E-state index >= 15 is 0 Å². The van der Waals surface area contributed by atoms with Crippen LogP contribution in [0.5, 0.6) is 0 Å². The molecule has 0 amide bonds. The zero-order valence-corrected chi connectivity index (χ0v) is 12.2. The van der Waals surface area contributed by atoms with Gasteiger partial charge in [-0.05, 0) is 31.9 Å². The van der Waals surface area contributed by atoms with Gasteiger partial charge in [-0.15, -0.1) is 11.3 Å². The van der Waals surface area contributed by atoms with Gasteiger partial charge in [0.15, 0.2) is 10.8 Å². The molecule has 1 aromatic heterocycles. The van der Waals surface area contributed by atoms with E-state index in [-0.39, 0.29) is 0 Å². The molecule has 0 saturated carbocycles. The van der Waals surface area contributed by atoms with Crippen LogP contribution in [0.2, 0.25) is 0 Å². The summed E-state index contributed by atoms with van der Waals surface area (Å²) in [5, 5.41) is 3.98. The van der Waals surface area contributed by atoms with E-state index in [4.69, 9.17) is 4.74 Å². The Morgan fingerprint density at radius 3 is 2.47 bits per heavy atom. The van der Waals surface area contributed by atoms with Gasteiger partial charge in [0.2, 0.25) is 0 Å². The number of thiazole rings is 1. The van der Waals surface area contributed by atoms with E-state index in [2.05, 4.69) is 10.3 Å². The maximum absolute atomic E-state index is 11.5. The van der Waals surface area contributed by atoms with E-state index in [1.165, 1.54) is 18.4 Å². The van der Waals surface area contributed by atoms with E-state index < -0.39 is 5.97 Å². The van der Waals surface area contributed by atoms with Crippen LogP contribution in [0.4, 0.5) is 10.8 Å². The fraction of sp³-hybridized carbons (Fsp3) is 0.286. The topological polar surface area (TPSA) is 51.2 Å². The highest BCUT2D eigenvalue weighted by atomic mass is 32.1. The molecule has 1 heterocycles. The van der Waals surface area contributed by atoms with Crippen molar-refractivity contribution in [3.63, 3.8) is 0 Å². The Kier molecular flexibility index (Phi) is 3.85. The van der Waals surface area contributed by atoms with Crippen LogP contribution in [-0.4, -0.2) is 18.1 Å². The lowest BCUT2D eigenvalue weighted by molar-refractivity contribution is 0.0594. The van der Waals surface area contributed by atoms with Crippen LogP contribution in [0.25, 0.3) is 0 Å². The Balaban J connectivity index is 2.32. The number of para-hydroxylation sites is 1. The van der Waals surface area contributed by atoms with Gasteiger partial charge in [-0.25, -0.2) is 9.78 Å². The van der Waals surface area contributed by atoms with Crippen LogP contribution in [0.1, 0.15) is 26.5 Å². The van der Waals surface area contributed by atoms with Gasteiger partial charge in [0.25, 0.3) is 0 Å². The minimum Gasteiger partial charge on any atom is -0.464 e. The Labute approximate surface area is 116 Å². The number of aryl methyl sites for hydroxylation is 3. The monoisotopic (exact) mass is 276 g/mol. The summed E-state index contributed by atoms with van der Waals surface area (Å²) in [6.45, 7) is 5.94. The number of carbonyl (C=O) groups is 1. The second kappa shape index (κ2) is 5.40. The summed E-state index contributed by atoms with van der Waals surface area (Å²) in [4.78, 5) is 16.7.